The highest BCUT2D eigenvalue weighted by Crippen LogP contribution is 2.27. The van der Waals surface area contributed by atoms with Crippen LogP contribution in [0.1, 0.15) is 12.5 Å². The number of anilines is 1. The summed E-state index contributed by atoms with van der Waals surface area (Å²) in [4.78, 5) is 13.1. The van der Waals surface area contributed by atoms with Crippen LogP contribution in [-0.4, -0.2) is 28.0 Å². The lowest BCUT2D eigenvalue weighted by Gasteiger charge is -2.23. The highest BCUT2D eigenvalue weighted by atomic mass is 35.5. The van der Waals surface area contributed by atoms with E-state index in [1.54, 1.807) is 24.3 Å². The van der Waals surface area contributed by atoms with Gasteiger partial charge in [-0.15, -0.1) is 0 Å². The van der Waals surface area contributed by atoms with E-state index >= 15 is 0 Å². The van der Waals surface area contributed by atoms with Crippen LogP contribution in [0.3, 0.4) is 0 Å². The van der Waals surface area contributed by atoms with Crippen LogP contribution < -0.4 is 13.8 Å². The second-order valence-electron chi connectivity index (χ2n) is 6.57. The summed E-state index contributed by atoms with van der Waals surface area (Å²) < 4.78 is 38.3. The van der Waals surface area contributed by atoms with Crippen molar-refractivity contribution in [1.29, 1.82) is 0 Å². The van der Waals surface area contributed by atoms with Gasteiger partial charge >= 0.3 is 0 Å². The number of ether oxygens (including phenoxy) is 2. The molecular weight excluding hydrogens is 438 g/mol. The van der Waals surface area contributed by atoms with Crippen LogP contribution in [0.5, 0.6) is 11.5 Å². The van der Waals surface area contributed by atoms with Crippen molar-refractivity contribution in [2.24, 2.45) is 0 Å². The van der Waals surface area contributed by atoms with E-state index in [0.29, 0.717) is 16.5 Å². The number of methoxy groups -OCH3 is 1. The first-order chi connectivity index (χ1) is 14.9. The smallest absolute Gasteiger partial charge is 0.278 e. The lowest BCUT2D eigenvalue weighted by Crippen LogP contribution is -2.40. The molecule has 0 aliphatic carbocycles. The molecule has 31 heavy (non-hydrogen) atoms. The summed E-state index contributed by atoms with van der Waals surface area (Å²) in [7, 11) is -2.70. The zero-order valence-corrected chi connectivity index (χ0v) is 18.7. The van der Waals surface area contributed by atoms with Gasteiger partial charge in [-0.25, -0.2) is 8.42 Å². The van der Waals surface area contributed by atoms with Gasteiger partial charge in [-0.2, -0.15) is 4.31 Å². The van der Waals surface area contributed by atoms with Gasteiger partial charge in [0.05, 0.1) is 17.7 Å². The summed E-state index contributed by atoms with van der Waals surface area (Å²) in [6.07, 6.45) is 0.718. The Morgan fingerprint density at radius 3 is 2.23 bits per heavy atom. The van der Waals surface area contributed by atoms with Crippen molar-refractivity contribution in [2.45, 2.75) is 18.2 Å². The third-order valence-electron chi connectivity index (χ3n) is 4.59. The molecule has 0 bridgehead atoms. The Hall–Kier alpha value is -3.03. The quantitative estimate of drug-likeness (QED) is 0.487. The van der Waals surface area contributed by atoms with Gasteiger partial charge in [0.15, 0.2) is 6.61 Å². The number of carbonyl (C=O) groups is 1. The van der Waals surface area contributed by atoms with Gasteiger partial charge < -0.3 is 9.47 Å². The number of nitrogens with zero attached hydrogens (tertiary/aromatic N) is 1. The molecule has 0 saturated carbocycles. The Balaban J connectivity index is 1.96. The minimum atomic E-state index is -4.21. The molecule has 0 spiro atoms. The van der Waals surface area contributed by atoms with Gasteiger partial charge in [-0.3, -0.25) is 4.79 Å². The fourth-order valence-electron chi connectivity index (χ4n) is 2.98. The number of sulfonamides is 1. The Kier molecular flexibility index (Phi) is 7.20. The molecule has 6 nitrogen and oxygen atoms in total. The van der Waals surface area contributed by atoms with Gasteiger partial charge in [0.2, 0.25) is 0 Å². The Morgan fingerprint density at radius 1 is 0.968 bits per heavy atom. The number of hydrogen-bond donors (Lipinski definition) is 0. The van der Waals surface area contributed by atoms with Crippen molar-refractivity contribution in [3.05, 3.63) is 83.4 Å². The molecule has 3 rings (SSSR count). The molecule has 8 heteroatoms. The molecule has 0 fully saturated rings. The minimum Gasteiger partial charge on any atom is -0.497 e. The maximum absolute atomic E-state index is 13.3. The summed E-state index contributed by atoms with van der Waals surface area (Å²) in [6.45, 7) is 1.52. The number of halogens is 1. The number of hydrogen-bond acceptors (Lipinski definition) is 5. The summed E-state index contributed by atoms with van der Waals surface area (Å²) in [5, 5.41) is 0.390. The van der Waals surface area contributed by atoms with Crippen molar-refractivity contribution in [2.75, 3.05) is 18.0 Å². The maximum atomic E-state index is 13.3. The molecule has 0 saturated heterocycles. The molecule has 0 aromatic heterocycles. The van der Waals surface area contributed by atoms with E-state index in [1.807, 2.05) is 19.1 Å². The Labute approximate surface area is 187 Å². The van der Waals surface area contributed by atoms with E-state index in [9.17, 15) is 13.2 Å². The highest BCUT2D eigenvalue weighted by molar-refractivity contribution is 7.93. The first-order valence-corrected chi connectivity index (χ1v) is 11.4. The molecule has 3 aromatic rings. The topological polar surface area (TPSA) is 72.9 Å². The molecule has 0 atom stereocenters. The first kappa shape index (κ1) is 22.7. The standard InChI is InChI=1S/C23H22ClNO5S/c1-3-17-6-4-5-7-22(17)30-16-23(26)25(19-10-12-20(29-2)13-11-19)31(27,28)21-14-8-18(24)9-15-21/h4-15H,3,16H2,1-2H3. The van der Waals surface area contributed by atoms with Crippen molar-refractivity contribution < 1.29 is 22.7 Å². The molecule has 162 valence electrons. The van der Waals surface area contributed by atoms with Crippen LogP contribution in [0, 0.1) is 0 Å². The fourth-order valence-corrected chi connectivity index (χ4v) is 4.52. The third-order valence-corrected chi connectivity index (χ3v) is 6.60. The third kappa shape index (κ3) is 5.18. The van der Waals surface area contributed by atoms with Crippen LogP contribution in [-0.2, 0) is 21.2 Å². The van der Waals surface area contributed by atoms with E-state index in [4.69, 9.17) is 21.1 Å². The monoisotopic (exact) mass is 459 g/mol. The zero-order chi connectivity index (χ0) is 22.4. The number of rotatable bonds is 8. The second-order valence-corrected chi connectivity index (χ2v) is 8.79. The number of aryl methyl sites for hydroxylation is 1. The summed E-state index contributed by atoms with van der Waals surface area (Å²) in [5.74, 6) is 0.344. The van der Waals surface area contributed by atoms with Crippen molar-refractivity contribution in [3.63, 3.8) is 0 Å². The first-order valence-electron chi connectivity index (χ1n) is 9.55. The lowest BCUT2D eigenvalue weighted by atomic mass is 10.1. The normalized spacial score (nSPS) is 11.1. The van der Waals surface area contributed by atoms with Gasteiger partial charge in [0.1, 0.15) is 11.5 Å². The fraction of sp³-hybridized carbons (Fsp3) is 0.174. The second kappa shape index (κ2) is 9.85. The number of carbonyl (C=O) groups excluding carboxylic acids is 1. The molecule has 0 unspecified atom stereocenters. The predicted octanol–water partition coefficient (Wildman–Crippen LogP) is 4.71. The molecule has 0 heterocycles. The molecule has 3 aromatic carbocycles. The van der Waals surface area contributed by atoms with Crippen molar-refractivity contribution >= 4 is 33.2 Å². The average molecular weight is 460 g/mol. The van der Waals surface area contributed by atoms with Gasteiger partial charge in [-0.1, -0.05) is 36.7 Å². The molecule has 1 amide bonds. The van der Waals surface area contributed by atoms with E-state index in [2.05, 4.69) is 0 Å². The van der Waals surface area contributed by atoms with Gasteiger partial charge in [0, 0.05) is 5.02 Å². The highest BCUT2D eigenvalue weighted by Gasteiger charge is 2.31. The van der Waals surface area contributed by atoms with E-state index in [-0.39, 0.29) is 10.6 Å². The summed E-state index contributed by atoms with van der Waals surface area (Å²) in [6, 6.07) is 19.1. The zero-order valence-electron chi connectivity index (χ0n) is 17.1. The van der Waals surface area contributed by atoms with E-state index in [1.165, 1.54) is 43.5 Å². The Morgan fingerprint density at radius 2 is 1.61 bits per heavy atom. The number of para-hydroxylation sites is 1. The van der Waals surface area contributed by atoms with Crippen LogP contribution in [0.25, 0.3) is 0 Å². The largest absolute Gasteiger partial charge is 0.497 e. The number of benzene rings is 3. The maximum Gasteiger partial charge on any atom is 0.278 e. The number of amides is 1. The predicted molar refractivity (Wildman–Crippen MR) is 120 cm³/mol. The Bertz CT molecular complexity index is 1150. The van der Waals surface area contributed by atoms with Crippen LogP contribution >= 0.6 is 11.6 Å². The average Bonchev–Trinajstić information content (AvgIpc) is 2.78. The van der Waals surface area contributed by atoms with Crippen LogP contribution in [0.2, 0.25) is 5.02 Å². The van der Waals surface area contributed by atoms with Crippen LogP contribution in [0.4, 0.5) is 5.69 Å². The molecule has 0 aliphatic rings. The minimum absolute atomic E-state index is 0.0602. The van der Waals surface area contributed by atoms with Crippen molar-refractivity contribution in [3.8, 4) is 11.5 Å². The summed E-state index contributed by atoms with van der Waals surface area (Å²) in [5.41, 5.74) is 1.10. The van der Waals surface area contributed by atoms with Gasteiger partial charge in [-0.05, 0) is 66.6 Å². The molecular formula is C23H22ClNO5S. The van der Waals surface area contributed by atoms with E-state index < -0.39 is 22.5 Å². The molecule has 0 radical (unpaired) electrons. The lowest BCUT2D eigenvalue weighted by molar-refractivity contribution is -0.119. The van der Waals surface area contributed by atoms with Crippen molar-refractivity contribution in [1.82, 2.24) is 0 Å². The SMILES string of the molecule is CCc1ccccc1OCC(=O)N(c1ccc(OC)cc1)S(=O)(=O)c1ccc(Cl)cc1. The van der Waals surface area contributed by atoms with E-state index in [0.717, 1.165) is 16.3 Å². The van der Waals surface area contributed by atoms with Crippen LogP contribution in [0.15, 0.2) is 77.7 Å². The van der Waals surface area contributed by atoms with Gasteiger partial charge in [0.25, 0.3) is 15.9 Å². The summed E-state index contributed by atoms with van der Waals surface area (Å²) >= 11 is 5.89. The molecule has 0 aliphatic heterocycles. The molecule has 0 N–H and O–H groups in total.